The van der Waals surface area contributed by atoms with Crippen LogP contribution >= 0.6 is 23.2 Å². The highest BCUT2D eigenvalue weighted by Crippen LogP contribution is 2.65. The van der Waals surface area contributed by atoms with E-state index in [2.05, 4.69) is 0 Å². The van der Waals surface area contributed by atoms with Gasteiger partial charge in [-0.15, -0.1) is 23.2 Å². The zero-order chi connectivity index (χ0) is 6.48. The molecule has 0 aromatic carbocycles. The smallest absolute Gasteiger partial charge is 0.101 e. The summed E-state index contributed by atoms with van der Waals surface area (Å²) < 4.78 is -0.309. The lowest BCUT2D eigenvalue weighted by atomic mass is 10.0. The zero-order valence-electron chi connectivity index (χ0n) is 5.24. The van der Waals surface area contributed by atoms with Crippen LogP contribution in [0.4, 0.5) is 0 Å². The molecule has 0 saturated heterocycles. The van der Waals surface area contributed by atoms with E-state index in [0.717, 1.165) is 0 Å². The van der Waals surface area contributed by atoms with E-state index in [0.29, 0.717) is 11.8 Å². The lowest BCUT2D eigenvalue weighted by Crippen LogP contribution is -1.91. The third kappa shape index (κ3) is 0.798. The monoisotopic (exact) mass is 164 g/mol. The molecule has 0 heterocycles. The molecule has 2 heteroatoms. The predicted octanol–water partition coefficient (Wildman–Crippen LogP) is 2.98. The summed E-state index contributed by atoms with van der Waals surface area (Å²) in [7, 11) is 0. The maximum absolute atomic E-state index is 5.98. The van der Waals surface area contributed by atoms with E-state index in [1.165, 1.54) is 25.7 Å². The Morgan fingerprint density at radius 2 is 1.44 bits per heavy atom. The fourth-order valence-corrected chi connectivity index (χ4v) is 2.90. The van der Waals surface area contributed by atoms with Crippen LogP contribution in [0, 0.1) is 11.8 Å². The van der Waals surface area contributed by atoms with Crippen molar-refractivity contribution < 1.29 is 0 Å². The van der Waals surface area contributed by atoms with Crippen LogP contribution in [0.1, 0.15) is 25.7 Å². The van der Waals surface area contributed by atoms with E-state index in [1.54, 1.807) is 0 Å². The second-order valence-electron chi connectivity index (χ2n) is 3.17. The second kappa shape index (κ2) is 1.79. The van der Waals surface area contributed by atoms with E-state index in [1.807, 2.05) is 0 Å². The molecule has 0 aromatic heterocycles. The van der Waals surface area contributed by atoms with Crippen molar-refractivity contribution in [3.63, 3.8) is 0 Å². The van der Waals surface area contributed by atoms with Crippen molar-refractivity contribution in [2.75, 3.05) is 0 Å². The molecule has 2 aliphatic rings. The van der Waals surface area contributed by atoms with Gasteiger partial charge in [-0.25, -0.2) is 0 Å². The first-order valence-corrected chi connectivity index (χ1v) is 4.36. The molecule has 0 radical (unpaired) electrons. The number of fused-ring (bicyclic) bond motifs is 1. The number of halogens is 2. The van der Waals surface area contributed by atoms with E-state index in [9.17, 15) is 0 Å². The van der Waals surface area contributed by atoms with E-state index in [-0.39, 0.29) is 4.33 Å². The summed E-state index contributed by atoms with van der Waals surface area (Å²) in [6.07, 6.45) is 5.19. The van der Waals surface area contributed by atoms with Crippen LogP contribution in [0.3, 0.4) is 0 Å². The number of rotatable bonds is 0. The van der Waals surface area contributed by atoms with E-state index in [4.69, 9.17) is 23.2 Å². The molecule has 0 aromatic rings. The molecule has 0 spiro atoms. The molecule has 2 fully saturated rings. The Morgan fingerprint density at radius 1 is 1.00 bits per heavy atom. The van der Waals surface area contributed by atoms with Crippen LogP contribution in [0.25, 0.3) is 0 Å². The lowest BCUT2D eigenvalue weighted by molar-refractivity contribution is 0.480. The molecule has 0 aliphatic heterocycles. The van der Waals surface area contributed by atoms with Gasteiger partial charge in [-0.2, -0.15) is 0 Å². The van der Waals surface area contributed by atoms with Gasteiger partial charge in [0.2, 0.25) is 0 Å². The Hall–Kier alpha value is 0.580. The minimum Gasteiger partial charge on any atom is -0.101 e. The van der Waals surface area contributed by atoms with Crippen LogP contribution in [0.5, 0.6) is 0 Å². The van der Waals surface area contributed by atoms with E-state index < -0.39 is 0 Å². The summed E-state index contributed by atoms with van der Waals surface area (Å²) in [5.41, 5.74) is 0. The Labute approximate surface area is 65.5 Å². The quantitative estimate of drug-likeness (QED) is 0.484. The SMILES string of the molecule is ClC1(Cl)C2CCCC[C@H]21. The molecular formula is C7H10Cl2. The van der Waals surface area contributed by atoms with Gasteiger partial charge in [0.05, 0.1) is 0 Å². The van der Waals surface area contributed by atoms with Gasteiger partial charge in [0.25, 0.3) is 0 Å². The van der Waals surface area contributed by atoms with Gasteiger partial charge in [0.1, 0.15) is 4.33 Å². The molecule has 52 valence electrons. The normalized spacial score (nSPS) is 46.0. The Bertz CT molecular complexity index is 117. The second-order valence-corrected chi connectivity index (χ2v) is 4.62. The highest BCUT2D eigenvalue weighted by Gasteiger charge is 2.62. The molecule has 1 unspecified atom stereocenters. The van der Waals surface area contributed by atoms with Crippen molar-refractivity contribution in [2.45, 2.75) is 30.0 Å². The molecule has 9 heavy (non-hydrogen) atoms. The molecule has 0 bridgehead atoms. The number of hydrogen-bond donors (Lipinski definition) is 0. The highest BCUT2D eigenvalue weighted by molar-refractivity contribution is 6.51. The first-order valence-electron chi connectivity index (χ1n) is 3.61. The molecular weight excluding hydrogens is 155 g/mol. The fourth-order valence-electron chi connectivity index (χ4n) is 1.98. The maximum Gasteiger partial charge on any atom is 0.124 e. The predicted molar refractivity (Wildman–Crippen MR) is 39.9 cm³/mol. The molecule has 2 saturated carbocycles. The van der Waals surface area contributed by atoms with Crippen molar-refractivity contribution in [3.05, 3.63) is 0 Å². The zero-order valence-corrected chi connectivity index (χ0v) is 6.75. The van der Waals surface area contributed by atoms with Gasteiger partial charge >= 0.3 is 0 Å². The third-order valence-corrected chi connectivity index (χ3v) is 3.77. The van der Waals surface area contributed by atoms with Gasteiger partial charge in [-0.1, -0.05) is 12.8 Å². The Morgan fingerprint density at radius 3 is 1.78 bits per heavy atom. The molecule has 0 nitrogen and oxygen atoms in total. The van der Waals surface area contributed by atoms with Gasteiger partial charge < -0.3 is 0 Å². The minimum absolute atomic E-state index is 0.309. The fraction of sp³-hybridized carbons (Fsp3) is 1.00. The average Bonchev–Trinajstić information content (AvgIpc) is 2.39. The Kier molecular flexibility index (Phi) is 1.26. The van der Waals surface area contributed by atoms with Gasteiger partial charge in [0.15, 0.2) is 0 Å². The van der Waals surface area contributed by atoms with Crippen molar-refractivity contribution in [1.29, 1.82) is 0 Å². The molecule has 0 amide bonds. The summed E-state index contributed by atoms with van der Waals surface area (Å²) in [4.78, 5) is 0. The summed E-state index contributed by atoms with van der Waals surface area (Å²) in [6.45, 7) is 0. The summed E-state index contributed by atoms with van der Waals surface area (Å²) in [5, 5.41) is 0. The van der Waals surface area contributed by atoms with Crippen molar-refractivity contribution >= 4 is 23.2 Å². The van der Waals surface area contributed by atoms with E-state index >= 15 is 0 Å². The standard InChI is InChI=1S/C7H10Cl2/c8-7(9)5-3-1-2-4-6(5)7/h5-6H,1-4H2/t5-,6?/m1/s1. The largest absolute Gasteiger partial charge is 0.124 e. The summed E-state index contributed by atoms with van der Waals surface area (Å²) in [5.74, 6) is 1.30. The third-order valence-electron chi connectivity index (χ3n) is 2.65. The molecule has 2 atom stereocenters. The van der Waals surface area contributed by atoms with Gasteiger partial charge in [-0.05, 0) is 24.7 Å². The van der Waals surface area contributed by atoms with Crippen molar-refractivity contribution in [1.82, 2.24) is 0 Å². The minimum atomic E-state index is -0.309. The first-order chi connectivity index (χ1) is 4.23. The topological polar surface area (TPSA) is 0 Å². The summed E-state index contributed by atoms with van der Waals surface area (Å²) >= 11 is 12.0. The van der Waals surface area contributed by atoms with Crippen LogP contribution in [0.15, 0.2) is 0 Å². The van der Waals surface area contributed by atoms with Crippen LogP contribution in [-0.2, 0) is 0 Å². The van der Waals surface area contributed by atoms with Crippen LogP contribution in [0.2, 0.25) is 0 Å². The molecule has 2 aliphatic carbocycles. The van der Waals surface area contributed by atoms with Gasteiger partial charge in [-0.3, -0.25) is 0 Å². The Balaban J connectivity index is 2.06. The number of hydrogen-bond acceptors (Lipinski definition) is 0. The lowest BCUT2D eigenvalue weighted by Gasteiger charge is -2.03. The highest BCUT2D eigenvalue weighted by atomic mass is 35.5. The van der Waals surface area contributed by atoms with Gasteiger partial charge in [0, 0.05) is 0 Å². The average molecular weight is 165 g/mol. The van der Waals surface area contributed by atoms with Crippen LogP contribution in [-0.4, -0.2) is 4.33 Å². The molecule has 2 rings (SSSR count). The van der Waals surface area contributed by atoms with Crippen LogP contribution < -0.4 is 0 Å². The molecule has 0 N–H and O–H groups in total. The first kappa shape index (κ1) is 6.30. The van der Waals surface area contributed by atoms with Crippen molar-refractivity contribution in [2.24, 2.45) is 11.8 Å². The maximum atomic E-state index is 5.98. The summed E-state index contributed by atoms with van der Waals surface area (Å²) in [6, 6.07) is 0. The van der Waals surface area contributed by atoms with Crippen molar-refractivity contribution in [3.8, 4) is 0 Å². The number of alkyl halides is 2.